The van der Waals surface area contributed by atoms with Gasteiger partial charge in [0.05, 0.1) is 39.0 Å². The van der Waals surface area contributed by atoms with Crippen molar-refractivity contribution >= 4 is 80.8 Å². The highest BCUT2D eigenvalue weighted by Gasteiger charge is 2.20. The zero-order chi connectivity index (χ0) is 36.3. The van der Waals surface area contributed by atoms with Crippen molar-refractivity contribution in [3.8, 4) is 0 Å². The monoisotopic (exact) mass is 700 g/mol. The maximum absolute atomic E-state index is 13.2. The van der Waals surface area contributed by atoms with Crippen molar-refractivity contribution in [3.05, 3.63) is 89.5 Å². The largest absolute Gasteiger partial charge is 0.388 e. The van der Waals surface area contributed by atoms with Gasteiger partial charge in [-0.3, -0.25) is 29.4 Å². The van der Waals surface area contributed by atoms with Gasteiger partial charge >= 0.3 is 0 Å². The molecule has 4 aromatic heterocycles. The van der Waals surface area contributed by atoms with Crippen LogP contribution in [-0.2, 0) is 25.9 Å². The van der Waals surface area contributed by atoms with Crippen LogP contribution in [0.5, 0.6) is 0 Å². The van der Waals surface area contributed by atoms with Crippen molar-refractivity contribution in [2.24, 2.45) is 26.9 Å². The predicted molar refractivity (Wildman–Crippen MR) is 189 cm³/mol. The van der Waals surface area contributed by atoms with Gasteiger partial charge in [-0.2, -0.15) is 0 Å². The third-order valence-corrected chi connectivity index (χ3v) is 7.54. The molecule has 17 nitrogen and oxygen atoms in total. The molecule has 258 valence electrons. The molecule has 5 aromatic rings. The van der Waals surface area contributed by atoms with Crippen LogP contribution in [0.1, 0.15) is 48.5 Å². The summed E-state index contributed by atoms with van der Waals surface area (Å²) in [5.74, 6) is -2.50. The van der Waals surface area contributed by atoms with E-state index in [2.05, 4.69) is 43.1 Å². The Balaban J connectivity index is 1.20. The molecular weight excluding hydrogens is 668 g/mol. The number of amides is 5. The number of amidine groups is 1. The normalized spacial score (nSPS) is 10.8. The van der Waals surface area contributed by atoms with E-state index in [1.54, 1.807) is 67.1 Å². The smallest absolute Gasteiger partial charge is 0.291 e. The summed E-state index contributed by atoms with van der Waals surface area (Å²) < 4.78 is 4.63. The molecule has 5 rings (SSSR count). The van der Waals surface area contributed by atoms with Gasteiger partial charge in [-0.05, 0) is 36.4 Å². The molecule has 9 N–H and O–H groups in total. The maximum Gasteiger partial charge on any atom is 0.291 e. The number of aromatic amines is 1. The van der Waals surface area contributed by atoms with E-state index in [1.807, 2.05) is 0 Å². The summed E-state index contributed by atoms with van der Waals surface area (Å²) in [6.45, 7) is 3.59. The number of fused-ring (bicyclic) bond motifs is 1. The molecule has 0 unspecified atom stereocenters. The van der Waals surface area contributed by atoms with Crippen LogP contribution in [0.15, 0.2) is 66.6 Å². The van der Waals surface area contributed by atoms with Gasteiger partial charge in [-0.15, -0.1) is 0 Å². The van der Waals surface area contributed by atoms with Gasteiger partial charge < -0.3 is 51.0 Å². The Morgan fingerprint density at radius 3 is 1.78 bits per heavy atom. The lowest BCUT2D eigenvalue weighted by Gasteiger charge is -2.04. The molecule has 0 saturated heterocycles. The Kier molecular flexibility index (Phi) is 9.89. The average molecular weight is 701 g/mol. The van der Waals surface area contributed by atoms with Gasteiger partial charge in [-0.1, -0.05) is 18.2 Å². The number of hydrogen-bond acceptors (Lipinski definition) is 7. The number of hydrogen-bond donors (Lipinski definition) is 8. The first-order valence-electron chi connectivity index (χ1n) is 14.9. The molecule has 0 atom stereocenters. The van der Waals surface area contributed by atoms with Crippen LogP contribution in [0.2, 0.25) is 0 Å². The van der Waals surface area contributed by atoms with Crippen molar-refractivity contribution in [2.45, 2.75) is 6.42 Å². The minimum Gasteiger partial charge on any atom is -0.388 e. The fraction of sp³-hybridized carbons (Fsp3) is 0.156. The summed E-state index contributed by atoms with van der Waals surface area (Å²) in [5.41, 5.74) is 8.55. The summed E-state index contributed by atoms with van der Waals surface area (Å²) in [4.78, 5) is 70.8. The van der Waals surface area contributed by atoms with Crippen molar-refractivity contribution in [3.63, 3.8) is 0 Å². The van der Waals surface area contributed by atoms with Crippen molar-refractivity contribution in [1.82, 2.24) is 29.0 Å². The molecular formula is C32H33ClN12O5. The maximum atomic E-state index is 13.2. The molecule has 50 heavy (non-hydrogen) atoms. The zero-order valence-electron chi connectivity index (χ0n) is 27.1. The molecule has 0 aliphatic heterocycles. The van der Waals surface area contributed by atoms with E-state index in [9.17, 15) is 24.0 Å². The number of benzene rings is 1. The van der Waals surface area contributed by atoms with Gasteiger partial charge in [0.2, 0.25) is 0 Å². The van der Waals surface area contributed by atoms with Crippen LogP contribution in [0, 0.1) is 5.41 Å². The molecule has 0 aliphatic rings. The topological polar surface area (TPSA) is 239 Å². The molecule has 0 saturated carbocycles. The Bertz CT molecular complexity index is 2200. The number of imidazole rings is 1. The van der Waals surface area contributed by atoms with Gasteiger partial charge in [0.1, 0.15) is 17.1 Å². The standard InChI is InChI=1S/C32H33ClN12O5/c1-16(33)28(46)37-17-5-6-21-22(9-17)42-27(41-21)32(50)40-20-12-25(45(4)15-20)31(49)39-19-11-24(44(3)14-19)30(48)38-18-10-23(43(2)13-18)29(47)36-8-7-26(34)35/h5-6,9-15H,1,7-8H2,2-4H3,(H3,34,35)(H,36,47)(H,37,46)(H,38,48)(H,39,49)(H,40,50)(H,41,42). The van der Waals surface area contributed by atoms with Crippen LogP contribution in [-0.4, -0.2) is 65.6 Å². The van der Waals surface area contributed by atoms with Crippen molar-refractivity contribution in [2.75, 3.05) is 27.8 Å². The summed E-state index contributed by atoms with van der Waals surface area (Å²) in [5, 5.41) is 20.6. The van der Waals surface area contributed by atoms with Crippen molar-refractivity contribution in [1.29, 1.82) is 5.41 Å². The second-order valence-corrected chi connectivity index (χ2v) is 11.7. The highest BCUT2D eigenvalue weighted by Crippen LogP contribution is 2.22. The SMILES string of the molecule is C=C(Cl)C(=O)Nc1ccc2[nH]c(C(=O)Nc3cc(C(=O)Nc4cc(C(=O)Nc5cc(C(=O)NCCC(=N)N)n(C)c5)n(C)c4)n(C)c3)nc2c1. The predicted octanol–water partition coefficient (Wildman–Crippen LogP) is 3.08. The summed E-state index contributed by atoms with van der Waals surface area (Å²) in [6.07, 6.45) is 4.94. The molecule has 0 spiro atoms. The Hall–Kier alpha value is -6.62. The number of nitrogens with two attached hydrogens (primary N) is 1. The summed E-state index contributed by atoms with van der Waals surface area (Å²) in [6, 6.07) is 9.35. The molecule has 0 fully saturated rings. The van der Waals surface area contributed by atoms with Gasteiger partial charge in [0.25, 0.3) is 29.5 Å². The van der Waals surface area contributed by atoms with Crippen LogP contribution >= 0.6 is 11.6 Å². The fourth-order valence-corrected chi connectivity index (χ4v) is 4.99. The first kappa shape index (κ1) is 34.7. The summed E-state index contributed by atoms with van der Waals surface area (Å²) in [7, 11) is 4.94. The van der Waals surface area contributed by atoms with E-state index >= 15 is 0 Å². The Labute approximate surface area is 289 Å². The Morgan fingerprint density at radius 1 is 0.780 bits per heavy atom. The van der Waals surface area contributed by atoms with E-state index in [0.29, 0.717) is 39.5 Å². The van der Waals surface area contributed by atoms with Crippen LogP contribution in [0.25, 0.3) is 11.0 Å². The van der Waals surface area contributed by atoms with Crippen LogP contribution in [0.4, 0.5) is 22.7 Å². The Morgan fingerprint density at radius 2 is 1.28 bits per heavy atom. The second-order valence-electron chi connectivity index (χ2n) is 11.2. The first-order chi connectivity index (χ1) is 23.7. The summed E-state index contributed by atoms with van der Waals surface area (Å²) >= 11 is 5.62. The second kappa shape index (κ2) is 14.2. The van der Waals surface area contributed by atoms with Gasteiger partial charge in [0, 0.05) is 58.4 Å². The average Bonchev–Trinajstić information content (AvgIpc) is 3.81. The minimum absolute atomic E-state index is 0.00910. The van der Waals surface area contributed by atoms with Crippen LogP contribution < -0.4 is 32.3 Å². The number of nitrogens with one attached hydrogen (secondary N) is 7. The van der Waals surface area contributed by atoms with Gasteiger partial charge in [-0.25, -0.2) is 4.98 Å². The molecule has 4 heterocycles. The number of aryl methyl sites for hydroxylation is 3. The molecule has 0 radical (unpaired) electrons. The van der Waals surface area contributed by atoms with E-state index in [4.69, 9.17) is 22.7 Å². The molecule has 1 aromatic carbocycles. The van der Waals surface area contributed by atoms with Crippen LogP contribution in [0.3, 0.4) is 0 Å². The molecule has 5 amide bonds. The number of H-pyrrole nitrogens is 1. The zero-order valence-corrected chi connectivity index (χ0v) is 27.9. The van der Waals surface area contributed by atoms with E-state index < -0.39 is 23.6 Å². The highest BCUT2D eigenvalue weighted by atomic mass is 35.5. The quantitative estimate of drug-likeness (QED) is 0.0549. The highest BCUT2D eigenvalue weighted by molar-refractivity contribution is 6.43. The van der Waals surface area contributed by atoms with E-state index in [1.165, 1.54) is 22.8 Å². The fourth-order valence-electron chi connectivity index (χ4n) is 4.95. The molecule has 0 aliphatic carbocycles. The molecule has 0 bridgehead atoms. The molecule has 18 heteroatoms. The van der Waals surface area contributed by atoms with Gasteiger partial charge in [0.15, 0.2) is 5.82 Å². The lowest BCUT2D eigenvalue weighted by Crippen LogP contribution is -2.28. The lowest BCUT2D eigenvalue weighted by molar-refractivity contribution is -0.112. The number of carbonyl (C=O) groups is 5. The number of halogens is 1. The number of aromatic nitrogens is 5. The number of rotatable bonds is 12. The number of anilines is 4. The third kappa shape index (κ3) is 7.91. The number of nitrogens with zero attached hydrogens (tertiary/aromatic N) is 4. The lowest BCUT2D eigenvalue weighted by atomic mass is 10.3. The van der Waals surface area contributed by atoms with E-state index in [0.717, 1.165) is 0 Å². The third-order valence-electron chi connectivity index (χ3n) is 7.37. The van der Waals surface area contributed by atoms with Crippen molar-refractivity contribution < 1.29 is 24.0 Å². The van der Waals surface area contributed by atoms with E-state index in [-0.39, 0.29) is 47.0 Å². The number of carbonyl (C=O) groups excluding carboxylic acids is 5. The minimum atomic E-state index is -0.563. The first-order valence-corrected chi connectivity index (χ1v) is 15.3.